The van der Waals surface area contributed by atoms with Crippen molar-refractivity contribution >= 4 is 0 Å². The normalized spacial score (nSPS) is 27.2. The first-order chi connectivity index (χ1) is 7.81. The Morgan fingerprint density at radius 1 is 1.25 bits per heavy atom. The first-order valence-corrected chi connectivity index (χ1v) is 6.85. The minimum atomic E-state index is -0.179. The maximum atomic E-state index is 12.3. The van der Waals surface area contributed by atoms with Crippen molar-refractivity contribution in [1.82, 2.24) is 10.2 Å². The molecule has 0 saturated carbocycles. The molecule has 96 valence electrons. The zero-order valence-electron chi connectivity index (χ0n) is 10.8. The number of alkyl halides is 1. The molecule has 1 fully saturated rings. The second-order valence-corrected chi connectivity index (χ2v) is 4.87. The Hall–Kier alpha value is -0.150. The summed E-state index contributed by atoms with van der Waals surface area (Å²) < 4.78 is 12.3. The second kappa shape index (κ2) is 8.02. The number of rotatable bonds is 7. The van der Waals surface area contributed by atoms with Crippen molar-refractivity contribution in [3.8, 4) is 0 Å². The molecular formula is C13H27FN2. The van der Waals surface area contributed by atoms with Crippen LogP contribution in [0.25, 0.3) is 0 Å². The van der Waals surface area contributed by atoms with E-state index in [2.05, 4.69) is 24.1 Å². The molecule has 2 nitrogen and oxygen atoms in total. The van der Waals surface area contributed by atoms with E-state index in [1.165, 1.54) is 25.7 Å². The van der Waals surface area contributed by atoms with E-state index in [4.69, 9.17) is 0 Å². The zero-order valence-corrected chi connectivity index (χ0v) is 10.8. The molecule has 0 bridgehead atoms. The summed E-state index contributed by atoms with van der Waals surface area (Å²) in [4.78, 5) is 2.50. The van der Waals surface area contributed by atoms with Crippen molar-refractivity contribution in [3.05, 3.63) is 0 Å². The van der Waals surface area contributed by atoms with Gasteiger partial charge in [-0.3, -0.25) is 9.29 Å². The Balaban J connectivity index is 2.40. The van der Waals surface area contributed by atoms with Crippen molar-refractivity contribution in [1.29, 1.82) is 0 Å². The molecule has 0 aromatic heterocycles. The maximum absolute atomic E-state index is 12.3. The molecule has 1 N–H and O–H groups in total. The summed E-state index contributed by atoms with van der Waals surface area (Å²) in [6.07, 6.45) is 5.62. The summed E-state index contributed by atoms with van der Waals surface area (Å²) in [7, 11) is 0. The lowest BCUT2D eigenvalue weighted by Crippen LogP contribution is -2.56. The van der Waals surface area contributed by atoms with Crippen LogP contribution in [-0.4, -0.2) is 43.3 Å². The van der Waals surface area contributed by atoms with E-state index < -0.39 is 0 Å². The van der Waals surface area contributed by atoms with Gasteiger partial charge in [-0.15, -0.1) is 0 Å². The summed E-state index contributed by atoms with van der Waals surface area (Å²) in [6, 6.07) is 1.25. The van der Waals surface area contributed by atoms with Crippen LogP contribution in [0.1, 0.15) is 46.0 Å². The predicted octanol–water partition coefficient (Wildman–Crippen LogP) is 2.59. The highest BCUT2D eigenvalue weighted by atomic mass is 19.1. The zero-order chi connectivity index (χ0) is 11.8. The average molecular weight is 230 g/mol. The third-order valence-electron chi connectivity index (χ3n) is 3.45. The Labute approximate surface area is 99.6 Å². The lowest BCUT2D eigenvalue weighted by atomic mass is 10.0. The van der Waals surface area contributed by atoms with Gasteiger partial charge in [-0.05, 0) is 19.3 Å². The summed E-state index contributed by atoms with van der Waals surface area (Å²) >= 11 is 0. The molecule has 1 rings (SSSR count). The van der Waals surface area contributed by atoms with Crippen molar-refractivity contribution in [2.75, 3.05) is 26.3 Å². The molecule has 1 aliphatic rings. The fourth-order valence-electron chi connectivity index (χ4n) is 2.62. The van der Waals surface area contributed by atoms with Crippen LogP contribution in [-0.2, 0) is 0 Å². The van der Waals surface area contributed by atoms with Gasteiger partial charge in [-0.25, -0.2) is 0 Å². The van der Waals surface area contributed by atoms with E-state index in [9.17, 15) is 4.39 Å². The van der Waals surface area contributed by atoms with Crippen LogP contribution in [0.3, 0.4) is 0 Å². The standard InChI is InChI=1S/C13H27FN2/c1-3-6-12-11-16(9-5-8-14)13(7-4-2)10-15-12/h12-13,15H,3-11H2,1-2H3. The van der Waals surface area contributed by atoms with Crippen molar-refractivity contribution in [2.24, 2.45) is 0 Å². The van der Waals surface area contributed by atoms with Gasteiger partial charge in [0.1, 0.15) is 0 Å². The molecule has 16 heavy (non-hydrogen) atoms. The number of piperazine rings is 1. The number of nitrogens with zero attached hydrogens (tertiary/aromatic N) is 1. The summed E-state index contributed by atoms with van der Waals surface area (Å²) in [5.74, 6) is 0. The van der Waals surface area contributed by atoms with Gasteiger partial charge in [0.25, 0.3) is 0 Å². The topological polar surface area (TPSA) is 15.3 Å². The SMILES string of the molecule is CCCC1CN(CCCF)C(CCC)CN1. The molecule has 1 aliphatic heterocycles. The van der Waals surface area contributed by atoms with Crippen molar-refractivity contribution in [2.45, 2.75) is 58.0 Å². The quantitative estimate of drug-likeness (QED) is 0.723. The van der Waals surface area contributed by atoms with Gasteiger partial charge < -0.3 is 5.32 Å². The van der Waals surface area contributed by atoms with Gasteiger partial charge in [-0.1, -0.05) is 26.7 Å². The molecule has 1 heterocycles. The van der Waals surface area contributed by atoms with E-state index >= 15 is 0 Å². The highest BCUT2D eigenvalue weighted by Crippen LogP contribution is 2.15. The van der Waals surface area contributed by atoms with Crippen LogP contribution in [0.2, 0.25) is 0 Å². The maximum Gasteiger partial charge on any atom is 0.0906 e. The van der Waals surface area contributed by atoms with Crippen LogP contribution in [0.15, 0.2) is 0 Å². The lowest BCUT2D eigenvalue weighted by molar-refractivity contribution is 0.115. The smallest absolute Gasteiger partial charge is 0.0906 e. The predicted molar refractivity (Wildman–Crippen MR) is 67.6 cm³/mol. The molecule has 0 aliphatic carbocycles. The van der Waals surface area contributed by atoms with Crippen LogP contribution < -0.4 is 5.32 Å². The molecule has 0 radical (unpaired) electrons. The average Bonchev–Trinajstić information content (AvgIpc) is 2.30. The minimum Gasteiger partial charge on any atom is -0.311 e. The van der Waals surface area contributed by atoms with Gasteiger partial charge >= 0.3 is 0 Å². The molecule has 3 heteroatoms. The highest BCUT2D eigenvalue weighted by Gasteiger charge is 2.25. The Kier molecular flexibility index (Phi) is 6.97. The van der Waals surface area contributed by atoms with E-state index in [1.54, 1.807) is 0 Å². The molecule has 0 aromatic rings. The fraction of sp³-hybridized carbons (Fsp3) is 1.00. The van der Waals surface area contributed by atoms with Crippen LogP contribution >= 0.6 is 0 Å². The third-order valence-corrected chi connectivity index (χ3v) is 3.45. The largest absolute Gasteiger partial charge is 0.311 e. The van der Waals surface area contributed by atoms with Crippen molar-refractivity contribution in [3.63, 3.8) is 0 Å². The first-order valence-electron chi connectivity index (χ1n) is 6.85. The van der Waals surface area contributed by atoms with Gasteiger partial charge in [0, 0.05) is 31.7 Å². The summed E-state index contributed by atoms with van der Waals surface area (Å²) in [6.45, 7) is 7.41. The first kappa shape index (κ1) is 13.9. The monoisotopic (exact) mass is 230 g/mol. The van der Waals surface area contributed by atoms with Gasteiger partial charge in [0.2, 0.25) is 0 Å². The molecule has 2 atom stereocenters. The summed E-state index contributed by atoms with van der Waals surface area (Å²) in [5.41, 5.74) is 0. The van der Waals surface area contributed by atoms with Crippen LogP contribution in [0.5, 0.6) is 0 Å². The van der Waals surface area contributed by atoms with Gasteiger partial charge in [0.05, 0.1) is 6.67 Å². The molecule has 1 saturated heterocycles. The number of hydrogen-bond acceptors (Lipinski definition) is 2. The molecule has 2 unspecified atom stereocenters. The van der Waals surface area contributed by atoms with Crippen molar-refractivity contribution < 1.29 is 4.39 Å². The van der Waals surface area contributed by atoms with Gasteiger partial charge in [-0.2, -0.15) is 0 Å². The number of nitrogens with one attached hydrogen (secondary N) is 1. The fourth-order valence-corrected chi connectivity index (χ4v) is 2.62. The third kappa shape index (κ3) is 4.38. The Morgan fingerprint density at radius 3 is 2.62 bits per heavy atom. The lowest BCUT2D eigenvalue weighted by Gasteiger charge is -2.40. The molecule has 0 spiro atoms. The Morgan fingerprint density at radius 2 is 2.00 bits per heavy atom. The molecular weight excluding hydrogens is 203 g/mol. The molecule has 0 amide bonds. The summed E-state index contributed by atoms with van der Waals surface area (Å²) in [5, 5.41) is 3.63. The van der Waals surface area contributed by atoms with Crippen LogP contribution in [0, 0.1) is 0 Å². The Bertz CT molecular complexity index is 175. The second-order valence-electron chi connectivity index (χ2n) is 4.87. The van der Waals surface area contributed by atoms with E-state index in [0.29, 0.717) is 18.5 Å². The minimum absolute atomic E-state index is 0.179. The highest BCUT2D eigenvalue weighted by molar-refractivity contribution is 4.85. The molecule has 0 aromatic carbocycles. The van der Waals surface area contributed by atoms with Gasteiger partial charge in [0.15, 0.2) is 0 Å². The van der Waals surface area contributed by atoms with Crippen LogP contribution in [0.4, 0.5) is 4.39 Å². The van der Waals surface area contributed by atoms with E-state index in [1.807, 2.05) is 0 Å². The van der Waals surface area contributed by atoms with E-state index in [-0.39, 0.29) is 6.67 Å². The van der Waals surface area contributed by atoms with E-state index in [0.717, 1.165) is 19.6 Å². The number of halogens is 1. The number of hydrogen-bond donors (Lipinski definition) is 1.